The van der Waals surface area contributed by atoms with Gasteiger partial charge in [0.2, 0.25) is 11.8 Å². The molecule has 280 valence electrons. The van der Waals surface area contributed by atoms with Crippen molar-refractivity contribution >= 4 is 54.9 Å². The fourth-order valence-electron chi connectivity index (χ4n) is 8.37. The van der Waals surface area contributed by atoms with Gasteiger partial charge in [0.1, 0.15) is 11.6 Å². The predicted octanol–water partition coefficient (Wildman–Crippen LogP) is 11.0. The van der Waals surface area contributed by atoms with Crippen LogP contribution in [0.15, 0.2) is 89.8 Å². The number of fused-ring (bicyclic) bond motifs is 2. The summed E-state index contributed by atoms with van der Waals surface area (Å²) in [6.07, 6.45) is 5.72. The Morgan fingerprint density at radius 1 is 0.727 bits per heavy atom. The fraction of sp³-hybridized carbons (Fsp3) is 0.333. The zero-order chi connectivity index (χ0) is 37.8. The molecule has 0 radical (unpaired) electrons. The molecule has 2 amide bonds. The standard InChI is InChI=1S/C45H46N6O2S2/c1-26(2)27(3)44(52)51-21-9-13-39(51)43-47-35-19-18-32(22-36(35)48-43)34-25-55-40-33(24-54-41(34)40)30-14-16-31(17-15-30)37-23-46-42(49-37)38-12-8-20-50(38)45(53)28(4)29-10-6-5-7-11-29/h5-7,10-11,14-19,22-28,38-39H,8-9,12-13,20-21H2,1-4H3,(H,46,49)(H,47,48)/t27-,28+,38-,39-/m0/s1. The Bertz CT molecular complexity index is 2490. The van der Waals surface area contributed by atoms with Crippen LogP contribution in [0.25, 0.3) is 53.9 Å². The second kappa shape index (κ2) is 14.5. The monoisotopic (exact) mass is 766 g/mol. The summed E-state index contributed by atoms with van der Waals surface area (Å²) < 4.78 is 2.57. The number of rotatable bonds is 9. The number of imidazole rings is 2. The van der Waals surface area contributed by atoms with E-state index in [-0.39, 0.29) is 35.7 Å². The second-order valence-electron chi connectivity index (χ2n) is 15.6. The molecule has 9 rings (SSSR count). The highest BCUT2D eigenvalue weighted by Crippen LogP contribution is 2.45. The van der Waals surface area contributed by atoms with Crippen molar-refractivity contribution < 1.29 is 9.59 Å². The molecule has 2 aliphatic heterocycles. The number of carbonyl (C=O) groups is 2. The first-order chi connectivity index (χ1) is 26.7. The molecule has 0 spiro atoms. The van der Waals surface area contributed by atoms with Gasteiger partial charge in [-0.1, -0.05) is 81.4 Å². The maximum absolute atomic E-state index is 13.6. The molecule has 0 unspecified atom stereocenters. The van der Waals surface area contributed by atoms with E-state index in [0.29, 0.717) is 5.92 Å². The van der Waals surface area contributed by atoms with E-state index in [1.807, 2.05) is 60.2 Å². The first kappa shape index (κ1) is 35.6. The molecule has 6 heterocycles. The highest BCUT2D eigenvalue weighted by atomic mass is 32.1. The van der Waals surface area contributed by atoms with E-state index in [2.05, 4.69) is 77.0 Å². The minimum atomic E-state index is -0.189. The third kappa shape index (κ3) is 6.49. The molecule has 4 atom stereocenters. The van der Waals surface area contributed by atoms with E-state index in [1.165, 1.54) is 26.1 Å². The molecule has 2 N–H and O–H groups in total. The van der Waals surface area contributed by atoms with Crippen LogP contribution >= 0.6 is 22.7 Å². The number of amides is 2. The zero-order valence-corrected chi connectivity index (χ0v) is 33.3. The maximum Gasteiger partial charge on any atom is 0.230 e. The minimum absolute atomic E-state index is 0.00128. The number of H-pyrrole nitrogens is 2. The normalized spacial score (nSPS) is 18.6. The van der Waals surface area contributed by atoms with Gasteiger partial charge < -0.3 is 19.8 Å². The molecule has 8 nitrogen and oxygen atoms in total. The molecule has 0 saturated carbocycles. The fourth-order valence-corrected chi connectivity index (χ4v) is 10.8. The Labute approximate surface area is 329 Å². The second-order valence-corrected chi connectivity index (χ2v) is 17.4. The minimum Gasteiger partial charge on any atom is -0.340 e. The summed E-state index contributed by atoms with van der Waals surface area (Å²) in [7, 11) is 0. The van der Waals surface area contributed by atoms with E-state index in [0.717, 1.165) is 83.8 Å². The lowest BCUT2D eigenvalue weighted by Crippen LogP contribution is -2.36. The van der Waals surface area contributed by atoms with Crippen LogP contribution in [0.3, 0.4) is 0 Å². The Kier molecular flexibility index (Phi) is 9.42. The third-order valence-electron chi connectivity index (χ3n) is 12.0. The van der Waals surface area contributed by atoms with Gasteiger partial charge in [0, 0.05) is 40.9 Å². The molecule has 0 aliphatic carbocycles. The van der Waals surface area contributed by atoms with Gasteiger partial charge in [0.25, 0.3) is 0 Å². The number of carbonyl (C=O) groups excluding carboxylic acids is 2. The molecule has 2 aliphatic rings. The van der Waals surface area contributed by atoms with E-state index < -0.39 is 0 Å². The number of aromatic amines is 2. The average Bonchev–Trinajstić information content (AvgIpc) is 4.06. The Morgan fingerprint density at radius 3 is 2.04 bits per heavy atom. The molecule has 0 bridgehead atoms. The third-order valence-corrected chi connectivity index (χ3v) is 14.1. The molecular weight excluding hydrogens is 721 g/mol. The van der Waals surface area contributed by atoms with Crippen LogP contribution in [0.1, 0.15) is 88.6 Å². The van der Waals surface area contributed by atoms with Gasteiger partial charge in [-0.2, -0.15) is 0 Å². The first-order valence-electron chi connectivity index (χ1n) is 19.6. The van der Waals surface area contributed by atoms with Crippen LogP contribution in [-0.2, 0) is 9.59 Å². The van der Waals surface area contributed by atoms with Crippen LogP contribution < -0.4 is 0 Å². The van der Waals surface area contributed by atoms with Gasteiger partial charge in [-0.15, -0.1) is 22.7 Å². The number of hydrogen-bond acceptors (Lipinski definition) is 6. The largest absolute Gasteiger partial charge is 0.340 e. The Hall–Kier alpha value is -5.06. The highest BCUT2D eigenvalue weighted by molar-refractivity contribution is 7.27. The predicted molar refractivity (Wildman–Crippen MR) is 224 cm³/mol. The number of hydrogen-bond donors (Lipinski definition) is 2. The van der Waals surface area contributed by atoms with E-state index in [1.54, 1.807) is 22.7 Å². The summed E-state index contributed by atoms with van der Waals surface area (Å²) in [5.41, 5.74) is 9.84. The number of benzene rings is 3. The molecule has 4 aromatic heterocycles. The molecule has 10 heteroatoms. The van der Waals surface area contributed by atoms with Crippen molar-refractivity contribution in [1.82, 2.24) is 29.7 Å². The number of aromatic nitrogens is 4. The van der Waals surface area contributed by atoms with Gasteiger partial charge in [0.15, 0.2) is 0 Å². The highest BCUT2D eigenvalue weighted by Gasteiger charge is 2.36. The quantitative estimate of drug-likeness (QED) is 0.153. The van der Waals surface area contributed by atoms with Crippen LogP contribution in [0, 0.1) is 11.8 Å². The van der Waals surface area contributed by atoms with E-state index >= 15 is 0 Å². The summed E-state index contributed by atoms with van der Waals surface area (Å²) in [4.78, 5) is 47.8. The van der Waals surface area contributed by atoms with Crippen LogP contribution in [0.2, 0.25) is 0 Å². The number of thiophene rings is 2. The smallest absolute Gasteiger partial charge is 0.230 e. The SMILES string of the molecule is CC(C)[C@H](C)C(=O)N1CCC[C@H]1c1nc2ccc(-c3csc4c(-c5ccc(-c6cnc([C@@H]7CCCN7C(=O)[C@H](C)c7ccccc7)[nH]6)cc5)csc34)cc2[nH]1. The first-order valence-corrected chi connectivity index (χ1v) is 21.3. The molecule has 3 aromatic carbocycles. The summed E-state index contributed by atoms with van der Waals surface area (Å²) in [6.45, 7) is 9.82. The zero-order valence-electron chi connectivity index (χ0n) is 31.7. The molecule has 2 fully saturated rings. The molecule has 7 aromatic rings. The van der Waals surface area contributed by atoms with Gasteiger partial charge in [-0.05, 0) is 72.9 Å². The molecule has 55 heavy (non-hydrogen) atoms. The van der Waals surface area contributed by atoms with E-state index in [4.69, 9.17) is 9.97 Å². The maximum atomic E-state index is 13.6. The van der Waals surface area contributed by atoms with Crippen molar-refractivity contribution in [1.29, 1.82) is 0 Å². The van der Waals surface area contributed by atoms with Crippen molar-refractivity contribution in [2.75, 3.05) is 13.1 Å². The lowest BCUT2D eigenvalue weighted by molar-refractivity contribution is -0.137. The lowest BCUT2D eigenvalue weighted by Gasteiger charge is -2.27. The van der Waals surface area contributed by atoms with Crippen LogP contribution in [0.5, 0.6) is 0 Å². The van der Waals surface area contributed by atoms with Gasteiger partial charge in [0.05, 0.1) is 50.3 Å². The van der Waals surface area contributed by atoms with Crippen LogP contribution in [-0.4, -0.2) is 54.6 Å². The van der Waals surface area contributed by atoms with Crippen molar-refractivity contribution in [2.45, 2.75) is 71.4 Å². The number of likely N-dealkylation sites (tertiary alicyclic amines) is 2. The molecular formula is C45H46N6O2S2. The van der Waals surface area contributed by atoms with Gasteiger partial charge in [-0.3, -0.25) is 9.59 Å². The lowest BCUT2D eigenvalue weighted by atomic mass is 9.96. The topological polar surface area (TPSA) is 98.0 Å². The van der Waals surface area contributed by atoms with Crippen molar-refractivity contribution in [3.63, 3.8) is 0 Å². The van der Waals surface area contributed by atoms with Crippen molar-refractivity contribution in [2.24, 2.45) is 11.8 Å². The Morgan fingerprint density at radius 2 is 1.35 bits per heavy atom. The van der Waals surface area contributed by atoms with E-state index in [9.17, 15) is 9.59 Å². The van der Waals surface area contributed by atoms with Crippen LogP contribution in [0.4, 0.5) is 0 Å². The summed E-state index contributed by atoms with van der Waals surface area (Å²) in [5, 5.41) is 4.54. The summed E-state index contributed by atoms with van der Waals surface area (Å²) in [6, 6.07) is 25.2. The van der Waals surface area contributed by atoms with Gasteiger partial charge >= 0.3 is 0 Å². The number of nitrogens with one attached hydrogen (secondary N) is 2. The number of nitrogens with zero attached hydrogens (tertiary/aromatic N) is 4. The summed E-state index contributed by atoms with van der Waals surface area (Å²) in [5.74, 6) is 2.25. The molecule has 2 saturated heterocycles. The average molecular weight is 767 g/mol. The van der Waals surface area contributed by atoms with Gasteiger partial charge in [-0.25, -0.2) is 9.97 Å². The van der Waals surface area contributed by atoms with Crippen molar-refractivity contribution in [3.05, 3.63) is 107 Å². The van der Waals surface area contributed by atoms with Crippen molar-refractivity contribution in [3.8, 4) is 33.5 Å². The Balaban J connectivity index is 0.917. The summed E-state index contributed by atoms with van der Waals surface area (Å²) >= 11 is 3.58.